The Morgan fingerprint density at radius 2 is 0.580 bits per heavy atom. The molecule has 0 saturated carbocycles. The van der Waals surface area contributed by atoms with Gasteiger partial charge in [-0.25, -0.2) is 4.57 Å². The van der Waals surface area contributed by atoms with Crippen molar-refractivity contribution < 1.29 is 42.1 Å². The maximum atomic E-state index is 12.9. The molecule has 0 aliphatic carbocycles. The highest BCUT2D eigenvalue weighted by molar-refractivity contribution is 7.47. The molecule has 9 nitrogen and oxygen atoms in total. The van der Waals surface area contributed by atoms with Crippen LogP contribution < -0.4 is 0 Å². The second kappa shape index (κ2) is 69.8. The van der Waals surface area contributed by atoms with E-state index in [2.05, 4.69) is 38.2 Å². The number of unbranched alkanes of at least 4 members (excludes halogenated alkanes) is 56. The summed E-state index contributed by atoms with van der Waals surface area (Å²) in [5.41, 5.74) is 0. The van der Waals surface area contributed by atoms with Crippen LogP contribution in [0.1, 0.15) is 412 Å². The van der Waals surface area contributed by atoms with Gasteiger partial charge >= 0.3 is 19.8 Å². The summed E-state index contributed by atoms with van der Waals surface area (Å²) in [6.07, 6.45) is 89.0. The zero-order valence-electron chi connectivity index (χ0n) is 59.8. The molecule has 0 amide bonds. The lowest BCUT2D eigenvalue weighted by atomic mass is 10.0. The van der Waals surface area contributed by atoms with Gasteiger partial charge in [-0.2, -0.15) is 0 Å². The molecule has 2 atom stereocenters. The number of nitrogens with zero attached hydrogens (tertiary/aromatic N) is 1. The maximum absolute atomic E-state index is 12.9. The summed E-state index contributed by atoms with van der Waals surface area (Å²) >= 11 is 0. The lowest BCUT2D eigenvalue weighted by molar-refractivity contribution is -0.870. The van der Waals surface area contributed by atoms with Gasteiger partial charge in [-0.3, -0.25) is 18.6 Å². The molecule has 0 fully saturated rings. The number of hydrogen-bond donors (Lipinski definition) is 1. The van der Waals surface area contributed by atoms with Crippen molar-refractivity contribution in [3.05, 3.63) is 24.3 Å². The molecule has 522 valence electrons. The number of carbonyl (C=O) groups excluding carboxylic acids is 2. The highest BCUT2D eigenvalue weighted by atomic mass is 31.2. The zero-order chi connectivity index (χ0) is 64.1. The third kappa shape index (κ3) is 73.5. The van der Waals surface area contributed by atoms with E-state index in [0.717, 1.165) is 38.5 Å². The van der Waals surface area contributed by atoms with Gasteiger partial charge in [0.1, 0.15) is 19.8 Å². The summed E-state index contributed by atoms with van der Waals surface area (Å²) in [6.45, 7) is 4.52. The van der Waals surface area contributed by atoms with Crippen molar-refractivity contribution in [3.8, 4) is 0 Å². The lowest BCUT2D eigenvalue weighted by Gasteiger charge is -2.24. The van der Waals surface area contributed by atoms with Gasteiger partial charge in [-0.05, 0) is 64.2 Å². The van der Waals surface area contributed by atoms with E-state index in [-0.39, 0.29) is 25.6 Å². The second-order valence-electron chi connectivity index (χ2n) is 28.1. The van der Waals surface area contributed by atoms with E-state index in [1.807, 2.05) is 21.1 Å². The van der Waals surface area contributed by atoms with Crippen molar-refractivity contribution in [2.24, 2.45) is 0 Å². The Labute approximate surface area is 549 Å². The van der Waals surface area contributed by atoms with Crippen LogP contribution in [0.15, 0.2) is 24.3 Å². The molecule has 0 saturated heterocycles. The third-order valence-electron chi connectivity index (χ3n) is 18.0. The number of esters is 2. The largest absolute Gasteiger partial charge is 0.472 e. The van der Waals surface area contributed by atoms with Crippen LogP contribution in [0.3, 0.4) is 0 Å². The van der Waals surface area contributed by atoms with Crippen molar-refractivity contribution in [1.29, 1.82) is 0 Å². The fraction of sp³-hybridized carbons (Fsp3) is 0.923. The maximum Gasteiger partial charge on any atom is 0.472 e. The first kappa shape index (κ1) is 86.5. The summed E-state index contributed by atoms with van der Waals surface area (Å²) < 4.78 is 34.8. The second-order valence-corrected chi connectivity index (χ2v) is 29.5. The Morgan fingerprint density at radius 1 is 0.341 bits per heavy atom. The van der Waals surface area contributed by atoms with Gasteiger partial charge in [0.05, 0.1) is 27.7 Å². The van der Waals surface area contributed by atoms with Crippen LogP contribution in [0.25, 0.3) is 0 Å². The van der Waals surface area contributed by atoms with Crippen molar-refractivity contribution in [2.45, 2.75) is 418 Å². The van der Waals surface area contributed by atoms with Crippen LogP contribution in [-0.4, -0.2) is 74.9 Å². The minimum Gasteiger partial charge on any atom is -0.462 e. The van der Waals surface area contributed by atoms with E-state index >= 15 is 0 Å². The topological polar surface area (TPSA) is 108 Å². The fourth-order valence-electron chi connectivity index (χ4n) is 12.0. The van der Waals surface area contributed by atoms with Gasteiger partial charge in [0, 0.05) is 12.8 Å². The van der Waals surface area contributed by atoms with Crippen molar-refractivity contribution in [2.75, 3.05) is 47.5 Å². The van der Waals surface area contributed by atoms with Crippen molar-refractivity contribution >= 4 is 19.8 Å². The normalized spacial score (nSPS) is 13.1. The summed E-state index contributed by atoms with van der Waals surface area (Å²) in [6, 6.07) is 0. The molecule has 0 bridgehead atoms. The molecular formula is C78H153NO8P+. The molecule has 0 aromatic heterocycles. The first-order valence-electron chi connectivity index (χ1n) is 39.1. The van der Waals surface area contributed by atoms with Crippen LogP contribution in [0, 0.1) is 0 Å². The van der Waals surface area contributed by atoms with Crippen LogP contribution in [-0.2, 0) is 32.7 Å². The van der Waals surface area contributed by atoms with Crippen LogP contribution >= 0.6 is 7.82 Å². The Kier molecular flexibility index (Phi) is 68.6. The standard InChI is InChI=1S/C78H152NO8P/c1-6-8-10-12-14-16-18-20-22-24-26-28-30-32-34-36-37-38-39-40-41-43-45-47-49-51-53-55-57-59-61-63-65-67-69-71-78(81)87-76(75-86-88(82,83)85-73-72-79(3,4)5)74-84-77(80)70-68-66-64-62-60-58-56-54-52-50-48-46-44-42-35-33-31-29-27-25-23-21-19-17-15-13-11-9-7-2/h24-27,76H,6-23,28-75H2,1-5H3/p+1/b26-24-,27-25-. The minimum atomic E-state index is -4.39. The van der Waals surface area contributed by atoms with E-state index in [1.165, 1.54) is 347 Å². The molecule has 88 heavy (non-hydrogen) atoms. The SMILES string of the molecule is CCCCCCCCCC/C=C\CCCCCCCCCCCCCCCCCCCCCCCCCC(=O)OC(COC(=O)CCCCCCCCCCCCCCCCCCC/C=C\CCCCCCCCCC)COP(=O)(O)OCC[N+](C)(C)C. The number of carbonyl (C=O) groups is 2. The molecule has 0 rings (SSSR count). The Hall–Kier alpha value is -1.51. The molecule has 0 heterocycles. The van der Waals surface area contributed by atoms with E-state index < -0.39 is 26.5 Å². The molecule has 2 unspecified atom stereocenters. The van der Waals surface area contributed by atoms with E-state index in [4.69, 9.17) is 18.5 Å². The zero-order valence-corrected chi connectivity index (χ0v) is 60.6. The summed E-state index contributed by atoms with van der Waals surface area (Å²) in [5, 5.41) is 0. The highest BCUT2D eigenvalue weighted by Gasteiger charge is 2.27. The first-order chi connectivity index (χ1) is 43.0. The van der Waals surface area contributed by atoms with Gasteiger partial charge in [0.25, 0.3) is 0 Å². The number of phosphoric ester groups is 1. The van der Waals surface area contributed by atoms with Crippen LogP contribution in [0.2, 0.25) is 0 Å². The monoisotopic (exact) mass is 1260 g/mol. The van der Waals surface area contributed by atoms with Crippen molar-refractivity contribution in [1.82, 2.24) is 0 Å². The predicted octanol–water partition coefficient (Wildman–Crippen LogP) is 25.6. The minimum absolute atomic E-state index is 0.0359. The number of allylic oxidation sites excluding steroid dienone is 4. The number of rotatable bonds is 74. The molecule has 0 aliphatic rings. The fourth-order valence-corrected chi connectivity index (χ4v) is 12.7. The molecule has 1 N–H and O–H groups in total. The number of ether oxygens (including phenoxy) is 2. The summed E-state index contributed by atoms with van der Waals surface area (Å²) in [4.78, 5) is 35.9. The average Bonchev–Trinajstić information content (AvgIpc) is 3.57. The van der Waals surface area contributed by atoms with E-state index in [0.29, 0.717) is 17.4 Å². The lowest BCUT2D eigenvalue weighted by Crippen LogP contribution is -2.37. The number of quaternary nitrogens is 1. The Balaban J connectivity index is 3.92. The van der Waals surface area contributed by atoms with Gasteiger partial charge in [0.2, 0.25) is 0 Å². The van der Waals surface area contributed by atoms with Crippen LogP contribution in [0.5, 0.6) is 0 Å². The first-order valence-corrected chi connectivity index (χ1v) is 40.6. The van der Waals surface area contributed by atoms with E-state index in [9.17, 15) is 19.0 Å². The quantitative estimate of drug-likeness (QED) is 0.0211. The Morgan fingerprint density at radius 3 is 0.841 bits per heavy atom. The van der Waals surface area contributed by atoms with Gasteiger partial charge in [-0.15, -0.1) is 0 Å². The molecule has 0 radical (unpaired) electrons. The number of likely N-dealkylation sites (N-methyl/N-ethyl adjacent to an activating group) is 1. The number of hydrogen-bond acceptors (Lipinski definition) is 7. The highest BCUT2D eigenvalue weighted by Crippen LogP contribution is 2.43. The van der Waals surface area contributed by atoms with E-state index in [1.54, 1.807) is 0 Å². The predicted molar refractivity (Wildman–Crippen MR) is 381 cm³/mol. The average molecular weight is 1260 g/mol. The smallest absolute Gasteiger partial charge is 0.462 e. The number of phosphoric acid groups is 1. The molecule has 0 aromatic rings. The molecular weight excluding hydrogens is 1110 g/mol. The molecule has 0 spiro atoms. The Bertz CT molecular complexity index is 1530. The van der Waals surface area contributed by atoms with Crippen molar-refractivity contribution in [3.63, 3.8) is 0 Å². The molecule has 0 aliphatic heterocycles. The summed E-state index contributed by atoms with van der Waals surface area (Å²) in [7, 11) is 1.50. The molecule has 0 aromatic carbocycles. The van der Waals surface area contributed by atoms with Gasteiger partial charge in [0.15, 0.2) is 6.10 Å². The van der Waals surface area contributed by atoms with Gasteiger partial charge < -0.3 is 18.9 Å². The van der Waals surface area contributed by atoms with Crippen LogP contribution in [0.4, 0.5) is 0 Å². The molecule has 10 heteroatoms. The summed E-state index contributed by atoms with van der Waals surface area (Å²) in [5.74, 6) is -0.770. The third-order valence-corrected chi connectivity index (χ3v) is 18.9. The van der Waals surface area contributed by atoms with Gasteiger partial charge in [-0.1, -0.05) is 359 Å².